The molecule has 0 spiro atoms. The highest BCUT2D eigenvalue weighted by Crippen LogP contribution is 2.33. The number of likely N-dealkylation sites (tertiary alicyclic amines) is 1. The maximum absolute atomic E-state index is 14.3. The molecule has 1 aromatic heterocycles. The van der Waals surface area contributed by atoms with Gasteiger partial charge in [-0.25, -0.2) is 4.39 Å². The van der Waals surface area contributed by atoms with E-state index in [9.17, 15) is 9.18 Å². The van der Waals surface area contributed by atoms with Crippen LogP contribution in [0.1, 0.15) is 34.8 Å². The van der Waals surface area contributed by atoms with Gasteiger partial charge in [-0.15, -0.1) is 0 Å². The van der Waals surface area contributed by atoms with Crippen molar-refractivity contribution in [2.75, 3.05) is 13.1 Å². The second-order valence-corrected chi connectivity index (χ2v) is 6.73. The minimum Gasteiger partial charge on any atom is -0.338 e. The molecule has 0 bridgehead atoms. The molecule has 1 amide bonds. The highest BCUT2D eigenvalue weighted by molar-refractivity contribution is 5.94. The van der Waals surface area contributed by atoms with Gasteiger partial charge in [0.05, 0.1) is 11.4 Å². The monoisotopic (exact) mass is 361 g/mol. The van der Waals surface area contributed by atoms with Crippen LogP contribution in [0.4, 0.5) is 4.39 Å². The third-order valence-corrected chi connectivity index (χ3v) is 4.97. The van der Waals surface area contributed by atoms with Gasteiger partial charge in [0.25, 0.3) is 5.91 Å². The van der Waals surface area contributed by atoms with Gasteiger partial charge in [0, 0.05) is 42.5 Å². The Morgan fingerprint density at radius 3 is 2.56 bits per heavy atom. The Morgan fingerprint density at radius 2 is 1.74 bits per heavy atom. The van der Waals surface area contributed by atoms with Crippen LogP contribution in [-0.2, 0) is 0 Å². The Hall–Kier alpha value is -3.08. The number of carbonyl (C=O) groups excluding carboxylic acids is 1. The Labute approximate surface area is 157 Å². The van der Waals surface area contributed by atoms with Gasteiger partial charge in [-0.05, 0) is 37.1 Å². The fraction of sp³-hybridized carbons (Fsp3) is 0.227. The Balaban J connectivity index is 1.63. The van der Waals surface area contributed by atoms with Gasteiger partial charge in [-0.1, -0.05) is 30.3 Å². The molecule has 1 aliphatic heterocycles. The number of hydrogen-bond acceptors (Lipinski definition) is 3. The molecule has 5 heteroatoms. The van der Waals surface area contributed by atoms with Crippen molar-refractivity contribution in [3.63, 3.8) is 0 Å². The zero-order valence-electron chi connectivity index (χ0n) is 14.9. The number of benzene rings is 2. The maximum atomic E-state index is 14.3. The van der Waals surface area contributed by atoms with E-state index in [-0.39, 0.29) is 17.6 Å². The molecule has 1 saturated heterocycles. The molecule has 0 saturated carbocycles. The Bertz CT molecular complexity index is 945. The predicted molar refractivity (Wildman–Crippen MR) is 102 cm³/mol. The van der Waals surface area contributed by atoms with Gasteiger partial charge in [0.15, 0.2) is 0 Å². The van der Waals surface area contributed by atoms with E-state index in [4.69, 9.17) is 0 Å². The molecule has 1 unspecified atom stereocenters. The number of hydrogen-bond donors (Lipinski definition) is 0. The molecular weight excluding hydrogens is 341 g/mol. The lowest BCUT2D eigenvalue weighted by Crippen LogP contribution is -2.39. The number of piperidine rings is 1. The molecular formula is C22H20FN3O. The molecule has 4 rings (SSSR count). The largest absolute Gasteiger partial charge is 0.338 e. The number of carbonyl (C=O) groups is 1. The predicted octanol–water partition coefficient (Wildman–Crippen LogP) is 4.30. The molecule has 2 heterocycles. The summed E-state index contributed by atoms with van der Waals surface area (Å²) >= 11 is 0. The van der Waals surface area contributed by atoms with Crippen molar-refractivity contribution < 1.29 is 9.18 Å². The first-order valence-electron chi connectivity index (χ1n) is 9.14. The summed E-state index contributed by atoms with van der Waals surface area (Å²) in [6.45, 7) is 1.29. The summed E-state index contributed by atoms with van der Waals surface area (Å²) in [6, 6.07) is 15.9. The van der Waals surface area contributed by atoms with Gasteiger partial charge < -0.3 is 4.90 Å². The quantitative estimate of drug-likeness (QED) is 0.699. The standard InChI is InChI=1S/C22H20FN3O/c23-19-11-5-4-10-18(19)21-20(24-12-13-25-21)17-9-6-14-26(15-17)22(27)16-7-2-1-3-8-16/h1-5,7-8,10-13,17H,6,9,14-15H2. The minimum atomic E-state index is -0.313. The summed E-state index contributed by atoms with van der Waals surface area (Å²) in [5.41, 5.74) is 2.46. The van der Waals surface area contributed by atoms with Crippen LogP contribution in [-0.4, -0.2) is 33.9 Å². The van der Waals surface area contributed by atoms with Crippen molar-refractivity contribution in [1.82, 2.24) is 14.9 Å². The number of halogens is 1. The number of amides is 1. The van der Waals surface area contributed by atoms with Crippen LogP contribution in [0.2, 0.25) is 0 Å². The summed E-state index contributed by atoms with van der Waals surface area (Å²) in [4.78, 5) is 23.6. The van der Waals surface area contributed by atoms with E-state index < -0.39 is 0 Å². The smallest absolute Gasteiger partial charge is 0.253 e. The number of aromatic nitrogens is 2. The van der Waals surface area contributed by atoms with Gasteiger partial charge in [-0.2, -0.15) is 0 Å². The molecule has 27 heavy (non-hydrogen) atoms. The normalized spacial score (nSPS) is 16.9. The van der Waals surface area contributed by atoms with Crippen molar-refractivity contribution in [1.29, 1.82) is 0 Å². The molecule has 0 N–H and O–H groups in total. The van der Waals surface area contributed by atoms with Gasteiger partial charge in [0.2, 0.25) is 0 Å². The van der Waals surface area contributed by atoms with Crippen molar-refractivity contribution in [2.24, 2.45) is 0 Å². The molecule has 0 aliphatic carbocycles. The van der Waals surface area contributed by atoms with E-state index in [0.717, 1.165) is 25.1 Å². The van der Waals surface area contributed by atoms with E-state index in [1.54, 1.807) is 30.6 Å². The average Bonchev–Trinajstić information content (AvgIpc) is 2.74. The van der Waals surface area contributed by atoms with E-state index in [1.165, 1.54) is 6.07 Å². The molecule has 1 aliphatic rings. The van der Waals surface area contributed by atoms with Crippen LogP contribution in [0.3, 0.4) is 0 Å². The summed E-state index contributed by atoms with van der Waals surface area (Å²) < 4.78 is 14.3. The zero-order chi connectivity index (χ0) is 18.6. The molecule has 0 radical (unpaired) electrons. The van der Waals surface area contributed by atoms with Crippen molar-refractivity contribution in [3.05, 3.63) is 84.1 Å². The van der Waals surface area contributed by atoms with Crippen molar-refractivity contribution in [3.8, 4) is 11.3 Å². The molecule has 4 nitrogen and oxygen atoms in total. The van der Waals surface area contributed by atoms with E-state index in [2.05, 4.69) is 9.97 Å². The number of rotatable bonds is 3. The highest BCUT2D eigenvalue weighted by atomic mass is 19.1. The van der Waals surface area contributed by atoms with Crippen molar-refractivity contribution >= 4 is 5.91 Å². The summed E-state index contributed by atoms with van der Waals surface area (Å²) in [7, 11) is 0. The van der Waals surface area contributed by atoms with Crippen LogP contribution in [0.25, 0.3) is 11.3 Å². The van der Waals surface area contributed by atoms with E-state index in [1.807, 2.05) is 35.2 Å². The summed E-state index contributed by atoms with van der Waals surface area (Å²) in [6.07, 6.45) is 5.01. The first-order chi connectivity index (χ1) is 13.2. The molecule has 1 fully saturated rings. The van der Waals surface area contributed by atoms with Gasteiger partial charge >= 0.3 is 0 Å². The molecule has 2 aromatic carbocycles. The second kappa shape index (κ2) is 7.66. The van der Waals surface area contributed by atoms with Crippen LogP contribution >= 0.6 is 0 Å². The lowest BCUT2D eigenvalue weighted by atomic mass is 9.91. The lowest BCUT2D eigenvalue weighted by molar-refractivity contribution is 0.0706. The first kappa shape index (κ1) is 17.3. The first-order valence-corrected chi connectivity index (χ1v) is 9.14. The van der Waals surface area contributed by atoms with Crippen LogP contribution < -0.4 is 0 Å². The zero-order valence-corrected chi connectivity index (χ0v) is 14.9. The lowest BCUT2D eigenvalue weighted by Gasteiger charge is -2.33. The van der Waals surface area contributed by atoms with Gasteiger partial charge in [0.1, 0.15) is 5.82 Å². The number of nitrogens with zero attached hydrogens (tertiary/aromatic N) is 3. The fourth-order valence-corrected chi connectivity index (χ4v) is 3.66. The minimum absolute atomic E-state index is 0.0247. The maximum Gasteiger partial charge on any atom is 0.253 e. The third kappa shape index (κ3) is 3.58. The SMILES string of the molecule is O=C(c1ccccc1)N1CCCC(c2nccnc2-c2ccccc2F)C1. The summed E-state index contributed by atoms with van der Waals surface area (Å²) in [5, 5.41) is 0. The molecule has 3 aromatic rings. The van der Waals surface area contributed by atoms with Crippen LogP contribution in [0.15, 0.2) is 67.0 Å². The topological polar surface area (TPSA) is 46.1 Å². The second-order valence-electron chi connectivity index (χ2n) is 6.73. The molecule has 136 valence electrons. The Kier molecular flexibility index (Phi) is 4.92. The van der Waals surface area contributed by atoms with Crippen LogP contribution in [0.5, 0.6) is 0 Å². The van der Waals surface area contributed by atoms with Gasteiger partial charge in [-0.3, -0.25) is 14.8 Å². The molecule has 1 atom stereocenters. The van der Waals surface area contributed by atoms with E-state index in [0.29, 0.717) is 23.4 Å². The third-order valence-electron chi connectivity index (χ3n) is 4.97. The highest BCUT2D eigenvalue weighted by Gasteiger charge is 2.28. The average molecular weight is 361 g/mol. The van der Waals surface area contributed by atoms with Crippen LogP contribution in [0, 0.1) is 5.82 Å². The van der Waals surface area contributed by atoms with Crippen molar-refractivity contribution in [2.45, 2.75) is 18.8 Å². The summed E-state index contributed by atoms with van der Waals surface area (Å²) in [5.74, 6) is -0.251. The Morgan fingerprint density at radius 1 is 1.00 bits per heavy atom. The fourth-order valence-electron chi connectivity index (χ4n) is 3.66. The van der Waals surface area contributed by atoms with E-state index >= 15 is 0 Å².